The van der Waals surface area contributed by atoms with Crippen molar-refractivity contribution in [3.8, 4) is 0 Å². The molecule has 1 aromatic heterocycles. The summed E-state index contributed by atoms with van der Waals surface area (Å²) in [5.74, 6) is 0.685. The van der Waals surface area contributed by atoms with Crippen LogP contribution in [-0.2, 0) is 6.42 Å². The first-order valence-electron chi connectivity index (χ1n) is 6.28. The number of rotatable bonds is 3. The zero-order valence-electron chi connectivity index (χ0n) is 10.6. The van der Waals surface area contributed by atoms with Gasteiger partial charge in [-0.2, -0.15) is 0 Å². The van der Waals surface area contributed by atoms with E-state index < -0.39 is 0 Å². The zero-order chi connectivity index (χ0) is 13.2. The highest BCUT2D eigenvalue weighted by Gasteiger charge is 2.15. The van der Waals surface area contributed by atoms with Gasteiger partial charge in [-0.05, 0) is 30.2 Å². The fourth-order valence-corrected chi connectivity index (χ4v) is 2.59. The number of aryl methyl sites for hydroxylation is 1. The van der Waals surface area contributed by atoms with E-state index in [1.807, 2.05) is 36.4 Å². The summed E-state index contributed by atoms with van der Waals surface area (Å²) in [5, 5.41) is -0.116. The Bertz CT molecular complexity index is 672. The predicted molar refractivity (Wildman–Crippen MR) is 77.5 cm³/mol. The summed E-state index contributed by atoms with van der Waals surface area (Å²) in [6, 6.07) is 15.9. The molecule has 1 heterocycles. The number of benzene rings is 2. The molecule has 0 N–H and O–H groups in total. The van der Waals surface area contributed by atoms with Crippen molar-refractivity contribution in [3.05, 3.63) is 65.5 Å². The van der Waals surface area contributed by atoms with Crippen LogP contribution >= 0.6 is 11.6 Å². The van der Waals surface area contributed by atoms with Gasteiger partial charge in [-0.3, -0.25) is 0 Å². The number of aromatic nitrogens is 1. The van der Waals surface area contributed by atoms with Crippen LogP contribution in [0.4, 0.5) is 0 Å². The minimum atomic E-state index is -0.116. The summed E-state index contributed by atoms with van der Waals surface area (Å²) in [7, 11) is 0. The molecule has 0 aliphatic carbocycles. The second-order valence-electron chi connectivity index (χ2n) is 4.60. The summed E-state index contributed by atoms with van der Waals surface area (Å²) < 4.78 is 5.70. The van der Waals surface area contributed by atoms with Crippen molar-refractivity contribution in [2.45, 2.75) is 18.7 Å². The Morgan fingerprint density at radius 2 is 1.84 bits per heavy atom. The average Bonchev–Trinajstić information content (AvgIpc) is 2.81. The fourth-order valence-electron chi connectivity index (χ4n) is 2.21. The maximum Gasteiger partial charge on any atom is 0.197 e. The number of hydrogen-bond donors (Lipinski definition) is 0. The van der Waals surface area contributed by atoms with E-state index in [1.165, 1.54) is 5.56 Å². The van der Waals surface area contributed by atoms with Gasteiger partial charge in [-0.1, -0.05) is 36.4 Å². The van der Waals surface area contributed by atoms with E-state index in [2.05, 4.69) is 24.0 Å². The number of halogens is 1. The lowest BCUT2D eigenvalue weighted by Crippen LogP contribution is -1.98. The largest absolute Gasteiger partial charge is 0.441 e. The van der Waals surface area contributed by atoms with Crippen LogP contribution in [-0.4, -0.2) is 4.98 Å². The molecule has 2 nitrogen and oxygen atoms in total. The maximum absolute atomic E-state index is 6.47. The molecule has 0 aliphatic rings. The molecule has 96 valence electrons. The fraction of sp³-hybridized carbons (Fsp3) is 0.188. The van der Waals surface area contributed by atoms with Crippen molar-refractivity contribution < 1.29 is 4.42 Å². The van der Waals surface area contributed by atoms with Crippen molar-refractivity contribution in [3.63, 3.8) is 0 Å². The van der Waals surface area contributed by atoms with Crippen molar-refractivity contribution in [2.75, 3.05) is 0 Å². The molecular formula is C16H14ClNO. The van der Waals surface area contributed by atoms with Gasteiger partial charge in [0.05, 0.1) is 5.38 Å². The molecule has 3 rings (SSSR count). The molecule has 1 unspecified atom stereocenters. The van der Waals surface area contributed by atoms with E-state index >= 15 is 0 Å². The Hall–Kier alpha value is -1.80. The van der Waals surface area contributed by atoms with Gasteiger partial charge >= 0.3 is 0 Å². The van der Waals surface area contributed by atoms with E-state index in [0.717, 1.165) is 16.7 Å². The number of fused-ring (bicyclic) bond motifs is 1. The topological polar surface area (TPSA) is 26.0 Å². The summed E-state index contributed by atoms with van der Waals surface area (Å²) >= 11 is 6.47. The Morgan fingerprint density at radius 1 is 1.11 bits per heavy atom. The molecule has 0 saturated heterocycles. The third kappa shape index (κ3) is 2.49. The van der Waals surface area contributed by atoms with Crippen LogP contribution in [0, 0.1) is 6.92 Å². The molecular weight excluding hydrogens is 258 g/mol. The number of alkyl halides is 1. The smallest absolute Gasteiger partial charge is 0.197 e. The van der Waals surface area contributed by atoms with Crippen LogP contribution in [0.15, 0.2) is 52.9 Å². The lowest BCUT2D eigenvalue weighted by Gasteiger charge is -2.10. The second kappa shape index (κ2) is 5.06. The molecule has 0 spiro atoms. The Balaban J connectivity index is 1.86. The number of oxazole rings is 1. The molecule has 0 amide bonds. The minimum absolute atomic E-state index is 0.116. The third-order valence-electron chi connectivity index (χ3n) is 3.22. The molecule has 0 fully saturated rings. The first kappa shape index (κ1) is 12.2. The standard InChI is InChI=1S/C16H14ClNO/c1-11-6-2-3-7-12(11)13(17)10-16-18-14-8-4-5-9-15(14)19-16/h2-9,13H,10H2,1H3. The van der Waals surface area contributed by atoms with Crippen LogP contribution in [0.5, 0.6) is 0 Å². The summed E-state index contributed by atoms with van der Waals surface area (Å²) in [6.45, 7) is 2.07. The predicted octanol–water partition coefficient (Wildman–Crippen LogP) is 4.66. The van der Waals surface area contributed by atoms with Crippen molar-refractivity contribution in [1.29, 1.82) is 0 Å². The molecule has 19 heavy (non-hydrogen) atoms. The number of nitrogens with zero attached hydrogens (tertiary/aromatic N) is 1. The van der Waals surface area contributed by atoms with Gasteiger partial charge in [-0.15, -0.1) is 11.6 Å². The highest BCUT2D eigenvalue weighted by Crippen LogP contribution is 2.28. The van der Waals surface area contributed by atoms with Gasteiger partial charge in [-0.25, -0.2) is 4.98 Å². The van der Waals surface area contributed by atoms with Gasteiger partial charge in [0.2, 0.25) is 0 Å². The first-order chi connectivity index (χ1) is 9.24. The van der Waals surface area contributed by atoms with E-state index in [0.29, 0.717) is 12.3 Å². The van der Waals surface area contributed by atoms with Crippen LogP contribution in [0.1, 0.15) is 22.4 Å². The molecule has 3 heteroatoms. The van der Waals surface area contributed by atoms with E-state index in [9.17, 15) is 0 Å². The van der Waals surface area contributed by atoms with Gasteiger partial charge in [0, 0.05) is 6.42 Å². The number of hydrogen-bond acceptors (Lipinski definition) is 2. The van der Waals surface area contributed by atoms with Crippen LogP contribution in [0.25, 0.3) is 11.1 Å². The van der Waals surface area contributed by atoms with Gasteiger partial charge in [0.25, 0.3) is 0 Å². The molecule has 2 aromatic carbocycles. The highest BCUT2D eigenvalue weighted by atomic mass is 35.5. The summed E-state index contributed by atoms with van der Waals surface area (Å²) in [5.41, 5.74) is 4.02. The van der Waals surface area contributed by atoms with E-state index in [-0.39, 0.29) is 5.38 Å². The molecule has 0 saturated carbocycles. The molecule has 0 aliphatic heterocycles. The quantitative estimate of drug-likeness (QED) is 0.648. The van der Waals surface area contributed by atoms with Crippen molar-refractivity contribution in [1.82, 2.24) is 4.98 Å². The van der Waals surface area contributed by atoms with Crippen molar-refractivity contribution in [2.24, 2.45) is 0 Å². The molecule has 0 bridgehead atoms. The van der Waals surface area contributed by atoms with Gasteiger partial charge in [0.15, 0.2) is 11.5 Å². The van der Waals surface area contributed by atoms with E-state index in [1.54, 1.807) is 0 Å². The highest BCUT2D eigenvalue weighted by molar-refractivity contribution is 6.21. The first-order valence-corrected chi connectivity index (χ1v) is 6.72. The Morgan fingerprint density at radius 3 is 2.63 bits per heavy atom. The maximum atomic E-state index is 6.47. The average molecular weight is 272 g/mol. The SMILES string of the molecule is Cc1ccccc1C(Cl)Cc1nc2ccccc2o1. The molecule has 1 atom stereocenters. The zero-order valence-corrected chi connectivity index (χ0v) is 11.4. The molecule has 3 aromatic rings. The lowest BCUT2D eigenvalue weighted by atomic mass is 10.0. The Labute approximate surface area is 117 Å². The van der Waals surface area contributed by atoms with Gasteiger partial charge < -0.3 is 4.42 Å². The van der Waals surface area contributed by atoms with Crippen LogP contribution in [0.2, 0.25) is 0 Å². The third-order valence-corrected chi connectivity index (χ3v) is 3.61. The Kier molecular flexibility index (Phi) is 3.26. The van der Waals surface area contributed by atoms with Crippen molar-refractivity contribution >= 4 is 22.7 Å². The second-order valence-corrected chi connectivity index (χ2v) is 5.13. The summed E-state index contributed by atoms with van der Waals surface area (Å²) in [4.78, 5) is 4.46. The lowest BCUT2D eigenvalue weighted by molar-refractivity contribution is 0.525. The van der Waals surface area contributed by atoms with Crippen LogP contribution < -0.4 is 0 Å². The summed E-state index contributed by atoms with van der Waals surface area (Å²) in [6.07, 6.45) is 0.598. The molecule has 0 radical (unpaired) electrons. The van der Waals surface area contributed by atoms with Crippen LogP contribution in [0.3, 0.4) is 0 Å². The van der Waals surface area contributed by atoms with E-state index in [4.69, 9.17) is 16.0 Å². The van der Waals surface area contributed by atoms with Gasteiger partial charge in [0.1, 0.15) is 5.52 Å². The normalized spacial score (nSPS) is 12.7. The number of para-hydroxylation sites is 2. The minimum Gasteiger partial charge on any atom is -0.441 e. The monoisotopic (exact) mass is 271 g/mol.